The predicted octanol–water partition coefficient (Wildman–Crippen LogP) is 1.39. The Morgan fingerprint density at radius 1 is 1.50 bits per heavy atom. The Kier molecular flexibility index (Phi) is 3.69. The van der Waals surface area contributed by atoms with Crippen LogP contribution in [0.25, 0.3) is 0 Å². The normalized spacial score (nSPS) is 12.4. The van der Waals surface area contributed by atoms with Crippen molar-refractivity contribution < 1.29 is 9.18 Å². The second-order valence-electron chi connectivity index (χ2n) is 2.02. The highest BCUT2D eigenvalue weighted by molar-refractivity contribution is 5.93. The molecule has 0 unspecified atom stereocenters. The molecule has 0 aliphatic heterocycles. The predicted molar refractivity (Wildman–Crippen MR) is 38.2 cm³/mol. The maximum absolute atomic E-state index is 12.3. The van der Waals surface area contributed by atoms with Crippen molar-refractivity contribution in [2.75, 3.05) is 6.54 Å². The van der Waals surface area contributed by atoms with E-state index in [0.717, 1.165) is 0 Å². The molecule has 1 N–H and O–H groups in total. The summed E-state index contributed by atoms with van der Waals surface area (Å²) in [6.07, 6.45) is 0. The van der Waals surface area contributed by atoms with E-state index in [1.165, 1.54) is 13.8 Å². The highest BCUT2D eigenvalue weighted by Crippen LogP contribution is 2.02. The van der Waals surface area contributed by atoms with Gasteiger partial charge in [-0.2, -0.15) is 0 Å². The first-order chi connectivity index (χ1) is 4.59. The quantitative estimate of drug-likeness (QED) is 0.584. The zero-order valence-electron chi connectivity index (χ0n) is 6.49. The summed E-state index contributed by atoms with van der Waals surface area (Å²) in [5, 5.41) is 2.49. The molecule has 0 atom stereocenters. The summed E-state index contributed by atoms with van der Waals surface area (Å²) in [6, 6.07) is 0. The van der Waals surface area contributed by atoms with E-state index in [1.807, 2.05) is 0 Å². The SMILES string of the molecule is CCNC(=O)C(C)=C(C)F. The van der Waals surface area contributed by atoms with E-state index in [9.17, 15) is 9.18 Å². The minimum absolute atomic E-state index is 0.154. The van der Waals surface area contributed by atoms with Gasteiger partial charge in [-0.05, 0) is 20.8 Å². The van der Waals surface area contributed by atoms with Crippen molar-refractivity contribution in [3.8, 4) is 0 Å². The third-order valence-corrected chi connectivity index (χ3v) is 1.19. The number of carbonyl (C=O) groups excluding carboxylic acids is 1. The molecule has 0 aliphatic rings. The summed E-state index contributed by atoms with van der Waals surface area (Å²) in [5.41, 5.74) is 0.154. The highest BCUT2D eigenvalue weighted by atomic mass is 19.1. The molecule has 0 rings (SSSR count). The van der Waals surface area contributed by atoms with Gasteiger partial charge in [-0.1, -0.05) is 0 Å². The zero-order chi connectivity index (χ0) is 8.15. The summed E-state index contributed by atoms with van der Waals surface area (Å²) < 4.78 is 12.3. The molecular formula is C7H12FNO. The Morgan fingerprint density at radius 3 is 2.30 bits per heavy atom. The van der Waals surface area contributed by atoms with Gasteiger partial charge < -0.3 is 5.32 Å². The molecule has 0 heterocycles. The van der Waals surface area contributed by atoms with Crippen LogP contribution in [0.15, 0.2) is 11.4 Å². The third-order valence-electron chi connectivity index (χ3n) is 1.19. The summed E-state index contributed by atoms with van der Waals surface area (Å²) in [5.74, 6) is -0.756. The van der Waals surface area contributed by atoms with Gasteiger partial charge in [0.2, 0.25) is 5.91 Å². The first-order valence-electron chi connectivity index (χ1n) is 3.20. The van der Waals surface area contributed by atoms with E-state index < -0.39 is 5.83 Å². The van der Waals surface area contributed by atoms with Gasteiger partial charge in [0, 0.05) is 12.1 Å². The van der Waals surface area contributed by atoms with Crippen LogP contribution >= 0.6 is 0 Å². The zero-order valence-corrected chi connectivity index (χ0v) is 6.49. The average molecular weight is 145 g/mol. The topological polar surface area (TPSA) is 29.1 Å². The highest BCUT2D eigenvalue weighted by Gasteiger charge is 2.04. The number of hydrogen-bond donors (Lipinski definition) is 1. The number of rotatable bonds is 2. The van der Waals surface area contributed by atoms with Crippen LogP contribution in [0.4, 0.5) is 4.39 Å². The Hall–Kier alpha value is -0.860. The number of amides is 1. The number of allylic oxidation sites excluding steroid dienone is 1. The van der Waals surface area contributed by atoms with E-state index in [1.54, 1.807) is 6.92 Å². The summed E-state index contributed by atoms with van der Waals surface area (Å²) in [4.78, 5) is 10.8. The van der Waals surface area contributed by atoms with Gasteiger partial charge >= 0.3 is 0 Å². The number of carbonyl (C=O) groups is 1. The van der Waals surface area contributed by atoms with Gasteiger partial charge in [-0.15, -0.1) is 0 Å². The van der Waals surface area contributed by atoms with Crippen molar-refractivity contribution in [1.82, 2.24) is 5.32 Å². The summed E-state index contributed by atoms with van der Waals surface area (Å²) in [7, 11) is 0. The van der Waals surface area contributed by atoms with Gasteiger partial charge in [-0.3, -0.25) is 4.79 Å². The van der Waals surface area contributed by atoms with Crippen molar-refractivity contribution in [1.29, 1.82) is 0 Å². The van der Waals surface area contributed by atoms with E-state index in [2.05, 4.69) is 5.32 Å². The molecule has 58 valence electrons. The molecule has 0 fully saturated rings. The largest absolute Gasteiger partial charge is 0.353 e. The molecule has 0 spiro atoms. The lowest BCUT2D eigenvalue weighted by Gasteiger charge is -2.00. The Labute approximate surface area is 60.1 Å². The number of hydrogen-bond acceptors (Lipinski definition) is 1. The molecule has 2 nitrogen and oxygen atoms in total. The van der Waals surface area contributed by atoms with Crippen LogP contribution in [0.2, 0.25) is 0 Å². The van der Waals surface area contributed by atoms with E-state index in [0.29, 0.717) is 6.54 Å². The smallest absolute Gasteiger partial charge is 0.249 e. The van der Waals surface area contributed by atoms with E-state index in [4.69, 9.17) is 0 Å². The second kappa shape index (κ2) is 4.04. The van der Waals surface area contributed by atoms with E-state index in [-0.39, 0.29) is 11.5 Å². The molecule has 0 saturated heterocycles. The van der Waals surface area contributed by atoms with Crippen LogP contribution in [-0.4, -0.2) is 12.5 Å². The van der Waals surface area contributed by atoms with Gasteiger partial charge in [0.05, 0.1) is 0 Å². The van der Waals surface area contributed by atoms with Crippen molar-refractivity contribution >= 4 is 5.91 Å². The molecule has 0 aromatic rings. The molecule has 0 aromatic carbocycles. The second-order valence-corrected chi connectivity index (χ2v) is 2.02. The standard InChI is InChI=1S/C7H12FNO/c1-4-9-7(10)5(2)6(3)8/h4H2,1-3H3,(H,9,10). The fourth-order valence-electron chi connectivity index (χ4n) is 0.450. The Bertz CT molecular complexity index is 159. The Balaban J connectivity index is 4.09. The van der Waals surface area contributed by atoms with Crippen LogP contribution in [0.5, 0.6) is 0 Å². The monoisotopic (exact) mass is 145 g/mol. The first-order valence-corrected chi connectivity index (χ1v) is 3.20. The Morgan fingerprint density at radius 2 is 2.00 bits per heavy atom. The lowest BCUT2D eigenvalue weighted by Crippen LogP contribution is -2.23. The lowest BCUT2D eigenvalue weighted by atomic mass is 10.2. The molecule has 0 aromatic heterocycles. The minimum atomic E-state index is -0.425. The van der Waals surface area contributed by atoms with Crippen LogP contribution in [0.1, 0.15) is 20.8 Å². The van der Waals surface area contributed by atoms with Crippen molar-refractivity contribution in [2.45, 2.75) is 20.8 Å². The van der Waals surface area contributed by atoms with E-state index >= 15 is 0 Å². The molecule has 0 radical (unpaired) electrons. The average Bonchev–Trinajstić information content (AvgIpc) is 1.87. The van der Waals surface area contributed by atoms with Gasteiger partial charge in [0.1, 0.15) is 5.83 Å². The number of nitrogens with one attached hydrogen (secondary N) is 1. The first kappa shape index (κ1) is 9.14. The van der Waals surface area contributed by atoms with Gasteiger partial charge in [0.15, 0.2) is 0 Å². The van der Waals surface area contributed by atoms with Gasteiger partial charge in [-0.25, -0.2) is 4.39 Å². The number of halogens is 1. The van der Waals surface area contributed by atoms with Crippen molar-refractivity contribution in [3.05, 3.63) is 11.4 Å². The lowest BCUT2D eigenvalue weighted by molar-refractivity contribution is -0.117. The molecule has 0 bridgehead atoms. The van der Waals surface area contributed by atoms with Crippen molar-refractivity contribution in [2.24, 2.45) is 0 Å². The van der Waals surface area contributed by atoms with Crippen molar-refractivity contribution in [3.63, 3.8) is 0 Å². The summed E-state index contributed by atoms with van der Waals surface area (Å²) in [6.45, 7) is 5.05. The number of likely N-dealkylation sites (N-methyl/N-ethyl adjacent to an activating group) is 1. The molecule has 1 amide bonds. The molecule has 10 heavy (non-hydrogen) atoms. The van der Waals surface area contributed by atoms with Crippen LogP contribution in [0, 0.1) is 0 Å². The van der Waals surface area contributed by atoms with Gasteiger partial charge in [0.25, 0.3) is 0 Å². The van der Waals surface area contributed by atoms with Crippen LogP contribution in [0.3, 0.4) is 0 Å². The molecule has 0 aliphatic carbocycles. The summed E-state index contributed by atoms with van der Waals surface area (Å²) >= 11 is 0. The molecule has 0 saturated carbocycles. The third kappa shape index (κ3) is 2.62. The maximum Gasteiger partial charge on any atom is 0.249 e. The fourth-order valence-corrected chi connectivity index (χ4v) is 0.450. The fraction of sp³-hybridized carbons (Fsp3) is 0.571. The molecule has 3 heteroatoms. The maximum atomic E-state index is 12.3. The van der Waals surface area contributed by atoms with Crippen LogP contribution < -0.4 is 5.32 Å². The van der Waals surface area contributed by atoms with Crippen LogP contribution in [-0.2, 0) is 4.79 Å². The molecular weight excluding hydrogens is 133 g/mol. The minimum Gasteiger partial charge on any atom is -0.353 e.